The quantitative estimate of drug-likeness (QED) is 0.443. The Balaban J connectivity index is 2.69. The van der Waals surface area contributed by atoms with Gasteiger partial charge in [0.1, 0.15) is 5.82 Å². The van der Waals surface area contributed by atoms with Crippen LogP contribution in [0.1, 0.15) is 74.9 Å². The van der Waals surface area contributed by atoms with Crippen molar-refractivity contribution in [3.8, 4) is 11.1 Å². The van der Waals surface area contributed by atoms with Crippen molar-refractivity contribution in [1.82, 2.24) is 4.98 Å². The van der Waals surface area contributed by atoms with Gasteiger partial charge in [-0.15, -0.1) is 0 Å². The van der Waals surface area contributed by atoms with Crippen LogP contribution in [0.3, 0.4) is 0 Å². The van der Waals surface area contributed by atoms with Gasteiger partial charge in [-0.1, -0.05) is 52.0 Å². The van der Waals surface area contributed by atoms with Gasteiger partial charge >= 0.3 is 5.97 Å². The molecule has 0 saturated carbocycles. The van der Waals surface area contributed by atoms with Crippen LogP contribution in [0.25, 0.3) is 17.2 Å². The number of benzene rings is 1. The van der Waals surface area contributed by atoms with E-state index in [1.165, 1.54) is 18.2 Å². The Hall–Kier alpha value is -2.61. The number of ether oxygens (including phenoxy) is 1. The summed E-state index contributed by atoms with van der Waals surface area (Å²) in [5.41, 5.74) is 5.05. The highest BCUT2D eigenvalue weighted by molar-refractivity contribution is 5.80. The van der Waals surface area contributed by atoms with E-state index in [0.717, 1.165) is 33.6 Å². The van der Waals surface area contributed by atoms with E-state index in [-0.39, 0.29) is 24.1 Å². The lowest BCUT2D eigenvalue weighted by Crippen LogP contribution is -2.19. The maximum atomic E-state index is 13.7. The summed E-state index contributed by atoms with van der Waals surface area (Å²) in [6.07, 6.45) is 0.541. The Morgan fingerprint density at radius 1 is 1.09 bits per heavy atom. The van der Waals surface area contributed by atoms with Crippen LogP contribution in [0.2, 0.25) is 0 Å². The Labute approximate surface area is 194 Å². The number of aliphatic carboxylic acids is 1. The zero-order chi connectivity index (χ0) is 24.7. The number of nitrogens with zero attached hydrogens (tertiary/aromatic N) is 1. The normalized spacial score (nSPS) is 13.8. The SMILES string of the molecule is COCc1c(C(C)C)nc(C(C)C)c(/C=C/[C@H](O)C[C@H](O)CC(=O)O)c1-c1ccc(F)cc1. The summed E-state index contributed by atoms with van der Waals surface area (Å²) in [7, 11) is 1.61. The Kier molecular flexibility index (Phi) is 9.70. The highest BCUT2D eigenvalue weighted by atomic mass is 19.1. The van der Waals surface area contributed by atoms with Crippen LogP contribution in [-0.4, -0.2) is 45.6 Å². The van der Waals surface area contributed by atoms with Gasteiger partial charge in [0.25, 0.3) is 0 Å². The van der Waals surface area contributed by atoms with E-state index < -0.39 is 24.6 Å². The van der Waals surface area contributed by atoms with Crippen molar-refractivity contribution >= 4 is 12.0 Å². The Morgan fingerprint density at radius 2 is 1.70 bits per heavy atom. The van der Waals surface area contributed by atoms with Crippen LogP contribution in [0, 0.1) is 5.82 Å². The number of pyridine rings is 1. The van der Waals surface area contributed by atoms with E-state index in [1.54, 1.807) is 25.3 Å². The molecule has 7 heteroatoms. The Morgan fingerprint density at radius 3 is 2.21 bits per heavy atom. The van der Waals surface area contributed by atoms with Crippen LogP contribution in [-0.2, 0) is 16.1 Å². The van der Waals surface area contributed by atoms with E-state index >= 15 is 0 Å². The van der Waals surface area contributed by atoms with Crippen molar-refractivity contribution in [2.45, 2.75) is 71.2 Å². The fourth-order valence-corrected chi connectivity index (χ4v) is 3.85. The van der Waals surface area contributed by atoms with Gasteiger partial charge < -0.3 is 20.1 Å². The number of halogens is 1. The third-order valence-electron chi connectivity index (χ3n) is 5.32. The molecule has 0 aliphatic rings. The van der Waals surface area contributed by atoms with Gasteiger partial charge in [-0.3, -0.25) is 9.78 Å². The first kappa shape index (κ1) is 26.6. The summed E-state index contributed by atoms with van der Waals surface area (Å²) >= 11 is 0. The number of rotatable bonds is 11. The molecule has 0 aliphatic heterocycles. The lowest BCUT2D eigenvalue weighted by Gasteiger charge is -2.23. The third-order valence-corrected chi connectivity index (χ3v) is 5.32. The first-order valence-corrected chi connectivity index (χ1v) is 11.1. The summed E-state index contributed by atoms with van der Waals surface area (Å²) in [5, 5.41) is 29.1. The molecule has 33 heavy (non-hydrogen) atoms. The number of carboxylic acid groups (broad SMARTS) is 1. The summed E-state index contributed by atoms with van der Waals surface area (Å²) in [6, 6.07) is 6.23. The van der Waals surface area contributed by atoms with E-state index in [9.17, 15) is 19.4 Å². The summed E-state index contributed by atoms with van der Waals surface area (Å²) in [6.45, 7) is 8.49. The van der Waals surface area contributed by atoms with Gasteiger partial charge in [0, 0.05) is 30.4 Å². The Bertz CT molecular complexity index is 970. The molecular weight excluding hydrogens is 425 g/mol. The van der Waals surface area contributed by atoms with Crippen LogP contribution < -0.4 is 0 Å². The molecule has 0 fully saturated rings. The highest BCUT2D eigenvalue weighted by Crippen LogP contribution is 2.37. The van der Waals surface area contributed by atoms with Crippen LogP contribution in [0.4, 0.5) is 4.39 Å². The first-order chi connectivity index (χ1) is 15.5. The standard InChI is InChI=1S/C26H34FNO5/c1-15(2)25-21(11-10-19(29)12-20(30)13-23(31)32)24(17-6-8-18(27)9-7-17)22(14-33-5)26(28-25)16(3)4/h6-11,15-16,19-20,29-30H,12-14H2,1-5H3,(H,31,32)/b11-10+/t19-,20-/m0/s1. The molecule has 0 saturated heterocycles. The molecule has 1 aromatic heterocycles. The number of hydrogen-bond acceptors (Lipinski definition) is 5. The second kappa shape index (κ2) is 12.0. The fourth-order valence-electron chi connectivity index (χ4n) is 3.85. The lowest BCUT2D eigenvalue weighted by atomic mass is 9.87. The molecule has 0 amide bonds. The zero-order valence-corrected chi connectivity index (χ0v) is 19.9. The maximum Gasteiger partial charge on any atom is 0.305 e. The molecule has 2 aromatic rings. The average molecular weight is 460 g/mol. The van der Waals surface area contributed by atoms with Gasteiger partial charge in [-0.05, 0) is 35.1 Å². The first-order valence-electron chi connectivity index (χ1n) is 11.1. The molecule has 1 heterocycles. The van der Waals surface area contributed by atoms with E-state index in [1.807, 2.05) is 13.8 Å². The predicted octanol–water partition coefficient (Wildman–Crippen LogP) is 4.88. The number of methoxy groups -OCH3 is 1. The topological polar surface area (TPSA) is 99.9 Å². The molecule has 2 atom stereocenters. The van der Waals surface area contributed by atoms with Crippen molar-refractivity contribution in [2.24, 2.45) is 0 Å². The van der Waals surface area contributed by atoms with Crippen molar-refractivity contribution < 1.29 is 29.2 Å². The molecule has 1 aromatic carbocycles. The monoisotopic (exact) mass is 459 g/mol. The average Bonchev–Trinajstić information content (AvgIpc) is 2.72. The van der Waals surface area contributed by atoms with E-state index in [4.69, 9.17) is 14.8 Å². The second-order valence-electron chi connectivity index (χ2n) is 8.81. The zero-order valence-electron chi connectivity index (χ0n) is 19.9. The number of aromatic nitrogens is 1. The number of carboxylic acids is 1. The maximum absolute atomic E-state index is 13.7. The van der Waals surface area contributed by atoms with Crippen molar-refractivity contribution in [1.29, 1.82) is 0 Å². The number of aliphatic hydroxyl groups is 2. The van der Waals surface area contributed by atoms with E-state index in [0.29, 0.717) is 6.61 Å². The van der Waals surface area contributed by atoms with Crippen LogP contribution in [0.15, 0.2) is 30.3 Å². The summed E-state index contributed by atoms with van der Waals surface area (Å²) in [4.78, 5) is 15.8. The minimum absolute atomic E-state index is 0.0627. The molecule has 6 nitrogen and oxygen atoms in total. The van der Waals surface area contributed by atoms with Gasteiger partial charge in [-0.25, -0.2) is 4.39 Å². The molecule has 180 valence electrons. The lowest BCUT2D eigenvalue weighted by molar-refractivity contribution is -0.139. The number of aliphatic hydroxyl groups excluding tert-OH is 2. The van der Waals surface area contributed by atoms with Crippen molar-refractivity contribution in [3.63, 3.8) is 0 Å². The molecule has 0 radical (unpaired) electrons. The van der Waals surface area contributed by atoms with Gasteiger partial charge in [0.15, 0.2) is 0 Å². The number of carbonyl (C=O) groups is 1. The molecular formula is C26H34FNO5. The van der Waals surface area contributed by atoms with Crippen LogP contribution in [0.5, 0.6) is 0 Å². The molecule has 2 rings (SSSR count). The van der Waals surface area contributed by atoms with Crippen LogP contribution >= 0.6 is 0 Å². The largest absolute Gasteiger partial charge is 0.481 e. The number of hydrogen-bond donors (Lipinski definition) is 3. The minimum atomic E-state index is -1.16. The smallest absolute Gasteiger partial charge is 0.305 e. The third kappa shape index (κ3) is 7.19. The van der Waals surface area contributed by atoms with Gasteiger partial charge in [0.05, 0.1) is 30.9 Å². The minimum Gasteiger partial charge on any atom is -0.481 e. The molecule has 0 spiro atoms. The summed E-state index contributed by atoms with van der Waals surface area (Å²) in [5.74, 6) is -1.28. The fraction of sp³-hybridized carbons (Fsp3) is 0.462. The predicted molar refractivity (Wildman–Crippen MR) is 126 cm³/mol. The van der Waals surface area contributed by atoms with E-state index in [2.05, 4.69) is 13.8 Å². The highest BCUT2D eigenvalue weighted by Gasteiger charge is 2.23. The molecule has 0 bridgehead atoms. The molecule has 3 N–H and O–H groups in total. The second-order valence-corrected chi connectivity index (χ2v) is 8.81. The van der Waals surface area contributed by atoms with Crippen molar-refractivity contribution in [3.05, 3.63) is 58.7 Å². The molecule has 0 unspecified atom stereocenters. The van der Waals surface area contributed by atoms with Crippen molar-refractivity contribution in [2.75, 3.05) is 7.11 Å². The van der Waals surface area contributed by atoms with Gasteiger partial charge in [0.2, 0.25) is 0 Å². The van der Waals surface area contributed by atoms with Gasteiger partial charge in [-0.2, -0.15) is 0 Å². The molecule has 0 aliphatic carbocycles. The summed E-state index contributed by atoms with van der Waals surface area (Å²) < 4.78 is 19.2.